The van der Waals surface area contributed by atoms with Crippen LogP contribution in [0.5, 0.6) is 11.5 Å². The van der Waals surface area contributed by atoms with E-state index in [0.717, 1.165) is 5.56 Å². The average Bonchev–Trinajstić information content (AvgIpc) is 2.30. The van der Waals surface area contributed by atoms with Gasteiger partial charge in [-0.3, -0.25) is 0 Å². The molecular weight excluding hydrogens is 217 g/mol. The molecule has 0 aliphatic heterocycles. The summed E-state index contributed by atoms with van der Waals surface area (Å²) in [6.07, 6.45) is 0. The van der Waals surface area contributed by atoms with Gasteiger partial charge < -0.3 is 10.5 Å². The zero-order valence-electron chi connectivity index (χ0n) is 9.83. The van der Waals surface area contributed by atoms with E-state index in [2.05, 4.69) is 0 Å². The normalized spacial score (nSPS) is 10.3. The molecule has 0 heterocycles. The first-order valence-electron chi connectivity index (χ1n) is 5.37. The molecule has 0 radical (unpaired) electrons. The van der Waals surface area contributed by atoms with Crippen molar-refractivity contribution >= 4 is 5.69 Å². The lowest BCUT2D eigenvalue weighted by atomic mass is 10.2. The van der Waals surface area contributed by atoms with Gasteiger partial charge in [-0.15, -0.1) is 0 Å². The lowest BCUT2D eigenvalue weighted by molar-refractivity contribution is 0.441. The van der Waals surface area contributed by atoms with Crippen molar-refractivity contribution in [2.24, 2.45) is 0 Å². The first-order valence-corrected chi connectivity index (χ1v) is 5.37. The number of halogens is 1. The second kappa shape index (κ2) is 4.45. The zero-order chi connectivity index (χ0) is 12.4. The van der Waals surface area contributed by atoms with Crippen LogP contribution >= 0.6 is 0 Å². The summed E-state index contributed by atoms with van der Waals surface area (Å²) in [6.45, 7) is 3.63. The fourth-order valence-corrected chi connectivity index (χ4v) is 1.55. The second-order valence-corrected chi connectivity index (χ2v) is 4.03. The van der Waals surface area contributed by atoms with Gasteiger partial charge in [0, 0.05) is 0 Å². The molecule has 2 aromatic carbocycles. The SMILES string of the molecule is Cc1ccc(N)c(Oc2cccc(C)c2F)c1. The molecule has 2 aromatic rings. The van der Waals surface area contributed by atoms with Crippen molar-refractivity contribution in [1.29, 1.82) is 0 Å². The van der Waals surface area contributed by atoms with Crippen LogP contribution in [0.3, 0.4) is 0 Å². The molecule has 0 fully saturated rings. The van der Waals surface area contributed by atoms with Crippen molar-refractivity contribution in [3.63, 3.8) is 0 Å². The Morgan fingerprint density at radius 3 is 2.59 bits per heavy atom. The molecule has 0 bridgehead atoms. The van der Waals surface area contributed by atoms with Gasteiger partial charge in [-0.05, 0) is 43.2 Å². The van der Waals surface area contributed by atoms with Gasteiger partial charge >= 0.3 is 0 Å². The van der Waals surface area contributed by atoms with Gasteiger partial charge in [0.1, 0.15) is 0 Å². The second-order valence-electron chi connectivity index (χ2n) is 4.03. The molecule has 88 valence electrons. The van der Waals surface area contributed by atoms with Crippen molar-refractivity contribution in [3.05, 3.63) is 53.3 Å². The topological polar surface area (TPSA) is 35.2 Å². The molecule has 2 rings (SSSR count). The van der Waals surface area contributed by atoms with E-state index in [1.54, 1.807) is 37.3 Å². The van der Waals surface area contributed by atoms with Crippen molar-refractivity contribution in [3.8, 4) is 11.5 Å². The highest BCUT2D eigenvalue weighted by atomic mass is 19.1. The first-order chi connectivity index (χ1) is 8.08. The maximum absolute atomic E-state index is 13.8. The van der Waals surface area contributed by atoms with Crippen LogP contribution in [0.15, 0.2) is 36.4 Å². The Kier molecular flexibility index (Phi) is 3.00. The van der Waals surface area contributed by atoms with E-state index in [0.29, 0.717) is 17.0 Å². The van der Waals surface area contributed by atoms with Crippen LogP contribution in [0.4, 0.5) is 10.1 Å². The van der Waals surface area contributed by atoms with Gasteiger partial charge in [-0.2, -0.15) is 0 Å². The molecule has 0 unspecified atom stereocenters. The zero-order valence-corrected chi connectivity index (χ0v) is 9.83. The van der Waals surface area contributed by atoms with E-state index in [9.17, 15) is 4.39 Å². The maximum Gasteiger partial charge on any atom is 0.168 e. The van der Waals surface area contributed by atoms with E-state index in [1.807, 2.05) is 13.0 Å². The fraction of sp³-hybridized carbons (Fsp3) is 0.143. The standard InChI is InChI=1S/C14H14FNO/c1-9-6-7-11(16)13(8-9)17-12-5-3-4-10(2)14(12)15/h3-8H,16H2,1-2H3. The third-order valence-electron chi connectivity index (χ3n) is 2.55. The van der Waals surface area contributed by atoms with Gasteiger partial charge in [-0.1, -0.05) is 18.2 Å². The smallest absolute Gasteiger partial charge is 0.168 e. The molecule has 0 spiro atoms. The minimum Gasteiger partial charge on any atom is -0.452 e. The van der Waals surface area contributed by atoms with Crippen LogP contribution in [0.25, 0.3) is 0 Å². The third kappa shape index (κ3) is 2.38. The molecule has 0 saturated heterocycles. The molecule has 2 N–H and O–H groups in total. The highest BCUT2D eigenvalue weighted by Gasteiger charge is 2.08. The number of nitrogen functional groups attached to an aromatic ring is 1. The average molecular weight is 231 g/mol. The van der Waals surface area contributed by atoms with Crippen LogP contribution in [-0.2, 0) is 0 Å². The minimum atomic E-state index is -0.353. The predicted molar refractivity (Wildman–Crippen MR) is 66.8 cm³/mol. The Bertz CT molecular complexity index is 552. The summed E-state index contributed by atoms with van der Waals surface area (Å²) >= 11 is 0. The van der Waals surface area contributed by atoms with Crippen molar-refractivity contribution in [2.75, 3.05) is 5.73 Å². The number of benzene rings is 2. The number of nitrogens with two attached hydrogens (primary N) is 1. The molecule has 0 atom stereocenters. The van der Waals surface area contributed by atoms with Gasteiger partial charge in [0.15, 0.2) is 17.3 Å². The van der Waals surface area contributed by atoms with Crippen LogP contribution in [0, 0.1) is 19.7 Å². The molecule has 0 aromatic heterocycles. The monoisotopic (exact) mass is 231 g/mol. The fourth-order valence-electron chi connectivity index (χ4n) is 1.55. The molecule has 3 heteroatoms. The molecule has 0 amide bonds. The van der Waals surface area contributed by atoms with E-state index < -0.39 is 0 Å². The van der Waals surface area contributed by atoms with E-state index in [-0.39, 0.29) is 11.6 Å². The molecule has 0 saturated carbocycles. The van der Waals surface area contributed by atoms with E-state index in [1.165, 1.54) is 0 Å². The lowest BCUT2D eigenvalue weighted by Gasteiger charge is -2.10. The summed E-state index contributed by atoms with van der Waals surface area (Å²) in [7, 11) is 0. The number of hydrogen-bond acceptors (Lipinski definition) is 2. The van der Waals surface area contributed by atoms with Gasteiger partial charge in [0.25, 0.3) is 0 Å². The Morgan fingerprint density at radius 2 is 1.82 bits per heavy atom. The summed E-state index contributed by atoms with van der Waals surface area (Å²) < 4.78 is 19.3. The maximum atomic E-state index is 13.8. The Balaban J connectivity index is 2.38. The predicted octanol–water partition coefficient (Wildman–Crippen LogP) is 3.82. The van der Waals surface area contributed by atoms with Gasteiger partial charge in [0.2, 0.25) is 0 Å². The highest BCUT2D eigenvalue weighted by Crippen LogP contribution is 2.30. The van der Waals surface area contributed by atoms with Crippen LogP contribution < -0.4 is 10.5 Å². The van der Waals surface area contributed by atoms with Gasteiger partial charge in [0.05, 0.1) is 5.69 Å². The van der Waals surface area contributed by atoms with E-state index >= 15 is 0 Å². The van der Waals surface area contributed by atoms with Gasteiger partial charge in [-0.25, -0.2) is 4.39 Å². The molecule has 0 aliphatic carbocycles. The molecular formula is C14H14FNO. The number of hydrogen-bond donors (Lipinski definition) is 1. The number of anilines is 1. The molecule has 0 aliphatic rings. The highest BCUT2D eigenvalue weighted by molar-refractivity contribution is 5.55. The number of rotatable bonds is 2. The molecule has 17 heavy (non-hydrogen) atoms. The summed E-state index contributed by atoms with van der Waals surface area (Å²) in [5.74, 6) is 0.324. The molecule has 2 nitrogen and oxygen atoms in total. The quantitative estimate of drug-likeness (QED) is 0.797. The van der Waals surface area contributed by atoms with Crippen LogP contribution in [0.1, 0.15) is 11.1 Å². The summed E-state index contributed by atoms with van der Waals surface area (Å²) in [5, 5.41) is 0. The number of ether oxygens (including phenoxy) is 1. The van der Waals surface area contributed by atoms with Crippen LogP contribution in [0.2, 0.25) is 0 Å². The van der Waals surface area contributed by atoms with Crippen molar-refractivity contribution < 1.29 is 9.13 Å². The lowest BCUT2D eigenvalue weighted by Crippen LogP contribution is -1.95. The third-order valence-corrected chi connectivity index (χ3v) is 2.55. The summed E-state index contributed by atoms with van der Waals surface area (Å²) in [4.78, 5) is 0. The van der Waals surface area contributed by atoms with Crippen molar-refractivity contribution in [2.45, 2.75) is 13.8 Å². The Hall–Kier alpha value is -2.03. The minimum absolute atomic E-state index is 0.197. The summed E-state index contributed by atoms with van der Waals surface area (Å²) in [6, 6.07) is 10.5. The van der Waals surface area contributed by atoms with Crippen LogP contribution in [-0.4, -0.2) is 0 Å². The number of aryl methyl sites for hydroxylation is 2. The Labute approximate surface area is 99.8 Å². The summed E-state index contributed by atoms with van der Waals surface area (Å²) in [5.41, 5.74) is 7.84. The van der Waals surface area contributed by atoms with Crippen molar-refractivity contribution in [1.82, 2.24) is 0 Å². The largest absolute Gasteiger partial charge is 0.452 e. The van der Waals surface area contributed by atoms with E-state index in [4.69, 9.17) is 10.5 Å². The first kappa shape index (κ1) is 11.5. The Morgan fingerprint density at radius 1 is 1.06 bits per heavy atom.